The van der Waals surface area contributed by atoms with Gasteiger partial charge in [-0.1, -0.05) is 30.9 Å². The lowest BCUT2D eigenvalue weighted by Crippen LogP contribution is -2.61. The Kier molecular flexibility index (Phi) is 6.28. The summed E-state index contributed by atoms with van der Waals surface area (Å²) < 4.78 is 21.3. The molecule has 3 aromatic heterocycles. The number of benzene rings is 1. The summed E-state index contributed by atoms with van der Waals surface area (Å²) in [7, 11) is 1.62. The summed E-state index contributed by atoms with van der Waals surface area (Å²) in [6.45, 7) is 6.71. The molecule has 1 fully saturated rings. The van der Waals surface area contributed by atoms with E-state index in [4.69, 9.17) is 10.5 Å². The van der Waals surface area contributed by atoms with E-state index < -0.39 is 23.7 Å². The molecular weight excluding hydrogens is 513 g/mol. The molecule has 5 heterocycles. The van der Waals surface area contributed by atoms with E-state index in [0.717, 1.165) is 33.9 Å². The number of nitrogens with zero attached hydrogens (tertiary/aromatic N) is 4. The maximum Gasteiger partial charge on any atom is 0.425 e. The van der Waals surface area contributed by atoms with Crippen LogP contribution in [0, 0.1) is 0 Å². The van der Waals surface area contributed by atoms with Gasteiger partial charge in [-0.05, 0) is 36.6 Å². The highest BCUT2D eigenvalue weighted by Crippen LogP contribution is 2.45. The van der Waals surface area contributed by atoms with Crippen LogP contribution < -0.4 is 16.5 Å². The molecule has 6 N–H and O–H groups in total. The third-order valence-electron chi connectivity index (χ3n) is 7.50. The van der Waals surface area contributed by atoms with Crippen molar-refractivity contribution in [2.75, 3.05) is 7.05 Å². The molecule has 206 valence electrons. The number of nitrogens with two attached hydrogens (primary N) is 1. The Morgan fingerprint density at radius 1 is 1.30 bits per heavy atom. The molecule has 4 aromatic rings. The number of fused-ring (bicyclic) bond motifs is 3. The van der Waals surface area contributed by atoms with Gasteiger partial charge in [0.1, 0.15) is 17.2 Å². The molecule has 0 spiro atoms. The van der Waals surface area contributed by atoms with Crippen LogP contribution in [0.15, 0.2) is 73.6 Å². The molecule has 11 nitrogen and oxygen atoms in total. The standard InChI is InChI=1S/C28H30FN9O2/c1-4-38-15-17(13-32-38)28(26-36-37(3)27(39)40-26)24-20(19-7-5-6-8-21(19)33-24)11-22(35-28)25-31-14-23(34-25)16(2)9-10-18(29)12-30/h5-10,12-15,22,26,33,35-36H,2,4,11,30H2,1,3H3,(H,31,34)/b10-9-,18-12+/t22-,26?,28?/m1/s1. The second-order valence-corrected chi connectivity index (χ2v) is 9.86. The Labute approximate surface area is 229 Å². The normalized spacial score (nSPS) is 23.2. The highest BCUT2D eigenvalue weighted by molar-refractivity contribution is 5.86. The number of cyclic esters (lactones) is 1. The van der Waals surface area contributed by atoms with Gasteiger partial charge in [-0.2, -0.15) is 10.5 Å². The van der Waals surface area contributed by atoms with Crippen molar-refractivity contribution >= 4 is 22.6 Å². The lowest BCUT2D eigenvalue weighted by atomic mass is 9.78. The fourth-order valence-corrected chi connectivity index (χ4v) is 5.46. The van der Waals surface area contributed by atoms with Gasteiger partial charge < -0.3 is 20.4 Å². The molecule has 40 heavy (non-hydrogen) atoms. The summed E-state index contributed by atoms with van der Waals surface area (Å²) in [5.74, 6) is 0.0861. The molecular formula is C28H30FN9O2. The number of aryl methyl sites for hydroxylation is 1. The SMILES string of the molecule is C=C(/C=C\C(F)=C/N)c1cnc([C@H]2Cc3c([nH]c4ccccc34)C(c3cnn(CC)c3)(C3NN(C)C(=O)O3)N2)[nH]1. The Hall–Kier alpha value is -4.68. The van der Waals surface area contributed by atoms with E-state index in [2.05, 4.69) is 43.4 Å². The molecule has 2 aliphatic heterocycles. The first-order valence-electron chi connectivity index (χ1n) is 12.9. The van der Waals surface area contributed by atoms with Crippen LogP contribution in [0.3, 0.4) is 0 Å². The van der Waals surface area contributed by atoms with Crippen LogP contribution in [0.1, 0.15) is 41.3 Å². The third kappa shape index (κ3) is 4.08. The van der Waals surface area contributed by atoms with Crippen molar-refractivity contribution in [1.82, 2.24) is 40.5 Å². The van der Waals surface area contributed by atoms with Gasteiger partial charge in [0.15, 0.2) is 6.23 Å². The van der Waals surface area contributed by atoms with Crippen molar-refractivity contribution in [1.29, 1.82) is 0 Å². The summed E-state index contributed by atoms with van der Waals surface area (Å²) >= 11 is 0. The molecule has 0 radical (unpaired) electrons. The monoisotopic (exact) mass is 543 g/mol. The quantitative estimate of drug-likeness (QED) is 0.225. The van der Waals surface area contributed by atoms with Gasteiger partial charge in [-0.3, -0.25) is 10.00 Å². The van der Waals surface area contributed by atoms with Gasteiger partial charge in [0.05, 0.1) is 24.1 Å². The number of hydrogen-bond donors (Lipinski definition) is 5. The number of halogens is 1. The number of imidazole rings is 1. The predicted molar refractivity (Wildman–Crippen MR) is 148 cm³/mol. The Morgan fingerprint density at radius 2 is 2.12 bits per heavy atom. The second kappa shape index (κ2) is 9.81. The predicted octanol–water partition coefficient (Wildman–Crippen LogP) is 3.49. The van der Waals surface area contributed by atoms with E-state index in [1.54, 1.807) is 19.4 Å². The fraction of sp³-hybridized carbons (Fsp3) is 0.250. The molecule has 3 atom stereocenters. The van der Waals surface area contributed by atoms with Crippen LogP contribution in [0.25, 0.3) is 16.5 Å². The minimum absolute atomic E-state index is 0.325. The van der Waals surface area contributed by atoms with Crippen molar-refractivity contribution in [3.05, 3.63) is 102 Å². The number of carbonyl (C=O) groups excluding carboxylic acids is 1. The van der Waals surface area contributed by atoms with Gasteiger partial charge in [0.2, 0.25) is 0 Å². The van der Waals surface area contributed by atoms with E-state index in [1.807, 2.05) is 36.0 Å². The maximum atomic E-state index is 13.5. The average Bonchev–Trinajstić information content (AvgIpc) is 3.77. The molecule has 0 saturated carbocycles. The molecule has 0 bridgehead atoms. The number of ether oxygens (including phenoxy) is 1. The molecule has 2 unspecified atom stereocenters. The van der Waals surface area contributed by atoms with E-state index in [0.29, 0.717) is 30.1 Å². The van der Waals surface area contributed by atoms with Crippen LogP contribution in [0.4, 0.5) is 9.18 Å². The summed E-state index contributed by atoms with van der Waals surface area (Å²) in [5, 5.41) is 10.7. The van der Waals surface area contributed by atoms with Gasteiger partial charge in [0.25, 0.3) is 0 Å². The summed E-state index contributed by atoms with van der Waals surface area (Å²) in [6, 6.07) is 7.76. The topological polar surface area (TPSA) is 142 Å². The zero-order valence-corrected chi connectivity index (χ0v) is 22.1. The molecule has 12 heteroatoms. The summed E-state index contributed by atoms with van der Waals surface area (Å²) in [6.07, 6.45) is 8.38. The summed E-state index contributed by atoms with van der Waals surface area (Å²) in [5.41, 5.74) is 12.3. The minimum atomic E-state index is -1.05. The minimum Gasteiger partial charge on any atom is -0.425 e. The number of allylic oxidation sites excluding steroid dienone is 4. The Morgan fingerprint density at radius 3 is 2.85 bits per heavy atom. The number of hydrazine groups is 1. The fourth-order valence-electron chi connectivity index (χ4n) is 5.46. The van der Waals surface area contributed by atoms with Gasteiger partial charge in [-0.25, -0.2) is 19.2 Å². The number of para-hydroxylation sites is 1. The first-order valence-corrected chi connectivity index (χ1v) is 12.9. The van der Waals surface area contributed by atoms with Crippen LogP contribution in [-0.4, -0.2) is 49.1 Å². The van der Waals surface area contributed by atoms with Crippen molar-refractivity contribution in [2.45, 2.75) is 37.7 Å². The van der Waals surface area contributed by atoms with Gasteiger partial charge in [0, 0.05) is 48.1 Å². The first-order chi connectivity index (χ1) is 19.3. The lowest BCUT2D eigenvalue weighted by Gasteiger charge is -2.43. The van der Waals surface area contributed by atoms with E-state index in [-0.39, 0.29) is 6.04 Å². The zero-order valence-electron chi connectivity index (χ0n) is 22.1. The number of aromatic nitrogens is 5. The number of aromatic amines is 2. The summed E-state index contributed by atoms with van der Waals surface area (Å²) in [4.78, 5) is 24.2. The molecule has 0 aliphatic carbocycles. The van der Waals surface area contributed by atoms with Crippen molar-refractivity contribution in [3.8, 4) is 0 Å². The second-order valence-electron chi connectivity index (χ2n) is 9.86. The molecule has 1 amide bonds. The number of amides is 1. The number of H-pyrrole nitrogens is 2. The molecule has 2 aliphatic rings. The van der Waals surface area contributed by atoms with Crippen LogP contribution >= 0.6 is 0 Å². The van der Waals surface area contributed by atoms with Gasteiger partial charge in [-0.15, -0.1) is 0 Å². The highest BCUT2D eigenvalue weighted by Gasteiger charge is 2.55. The lowest BCUT2D eigenvalue weighted by molar-refractivity contribution is 0.0517. The maximum absolute atomic E-state index is 13.5. The number of rotatable bonds is 7. The smallest absolute Gasteiger partial charge is 0.425 e. The largest absolute Gasteiger partial charge is 0.425 e. The van der Waals surface area contributed by atoms with Crippen LogP contribution in [0.5, 0.6) is 0 Å². The van der Waals surface area contributed by atoms with Crippen LogP contribution in [0.2, 0.25) is 0 Å². The van der Waals surface area contributed by atoms with Gasteiger partial charge >= 0.3 is 6.09 Å². The molecule has 6 rings (SSSR count). The zero-order chi connectivity index (χ0) is 28.0. The number of hydrogen-bond acceptors (Lipinski definition) is 7. The van der Waals surface area contributed by atoms with Crippen molar-refractivity contribution < 1.29 is 13.9 Å². The Bertz CT molecular complexity index is 1660. The number of nitrogens with one attached hydrogen (secondary N) is 4. The van der Waals surface area contributed by atoms with E-state index in [9.17, 15) is 9.18 Å². The van der Waals surface area contributed by atoms with E-state index in [1.165, 1.54) is 17.2 Å². The van der Waals surface area contributed by atoms with Crippen molar-refractivity contribution in [3.63, 3.8) is 0 Å². The third-order valence-corrected chi connectivity index (χ3v) is 7.50. The van der Waals surface area contributed by atoms with Crippen molar-refractivity contribution in [2.24, 2.45) is 5.73 Å². The average molecular weight is 544 g/mol. The highest BCUT2D eigenvalue weighted by atomic mass is 19.1. The van der Waals surface area contributed by atoms with E-state index >= 15 is 0 Å². The first kappa shape index (κ1) is 25.6. The number of carbonyl (C=O) groups is 1. The molecule has 1 aromatic carbocycles. The Balaban J connectivity index is 1.50. The molecule has 1 saturated heterocycles. The van der Waals surface area contributed by atoms with Crippen LogP contribution in [-0.2, 0) is 23.2 Å².